The fraction of sp³-hybridized carbons (Fsp3) is 0.615. The Morgan fingerprint density at radius 3 is 2.71 bits per heavy atom. The van der Waals surface area contributed by atoms with Crippen LogP contribution in [0.4, 0.5) is 5.69 Å². The molecule has 0 radical (unpaired) electrons. The minimum absolute atomic E-state index is 0.206. The summed E-state index contributed by atoms with van der Waals surface area (Å²) in [6.45, 7) is 4.27. The number of nitrogens with one attached hydrogen (secondary N) is 1. The number of aliphatic carboxylic acids is 1. The van der Waals surface area contributed by atoms with E-state index < -0.39 is 11.5 Å². The highest BCUT2D eigenvalue weighted by Crippen LogP contribution is 2.17. The lowest BCUT2D eigenvalue weighted by Crippen LogP contribution is -2.35. The van der Waals surface area contributed by atoms with Crippen LogP contribution in [0.15, 0.2) is 12.4 Å². The Kier molecular flexibility index (Phi) is 6.32. The standard InChI is InChI=1S/C13H21N3O5/c1-13(2,12(18)19)16-9-10(8-14-16)15-11(17)4-5-21-7-6-20-3/h8-9H,4-7H2,1-3H3,(H,15,17)(H,18,19). The van der Waals surface area contributed by atoms with E-state index in [0.717, 1.165) is 0 Å². The van der Waals surface area contributed by atoms with E-state index in [1.807, 2.05) is 0 Å². The van der Waals surface area contributed by atoms with Crippen molar-refractivity contribution in [3.63, 3.8) is 0 Å². The zero-order chi connectivity index (χ0) is 15.9. The van der Waals surface area contributed by atoms with Gasteiger partial charge in [0.05, 0.1) is 38.1 Å². The number of hydrogen-bond acceptors (Lipinski definition) is 5. The smallest absolute Gasteiger partial charge is 0.331 e. The molecule has 0 saturated heterocycles. The highest BCUT2D eigenvalue weighted by atomic mass is 16.5. The molecular weight excluding hydrogens is 278 g/mol. The van der Waals surface area contributed by atoms with Crippen LogP contribution >= 0.6 is 0 Å². The van der Waals surface area contributed by atoms with E-state index in [1.165, 1.54) is 30.9 Å². The van der Waals surface area contributed by atoms with Gasteiger partial charge in [-0.2, -0.15) is 5.10 Å². The van der Waals surface area contributed by atoms with Gasteiger partial charge in [-0.1, -0.05) is 0 Å². The maximum absolute atomic E-state index is 11.7. The number of carbonyl (C=O) groups is 2. The summed E-state index contributed by atoms with van der Waals surface area (Å²) in [5, 5.41) is 15.7. The number of aromatic nitrogens is 2. The van der Waals surface area contributed by atoms with Crippen molar-refractivity contribution in [2.75, 3.05) is 32.2 Å². The van der Waals surface area contributed by atoms with Gasteiger partial charge in [-0.15, -0.1) is 0 Å². The van der Waals surface area contributed by atoms with Gasteiger partial charge in [-0.3, -0.25) is 9.48 Å². The van der Waals surface area contributed by atoms with Crippen LogP contribution in [-0.4, -0.2) is 53.7 Å². The molecule has 1 rings (SSSR count). The molecule has 1 aromatic rings. The molecule has 0 aromatic carbocycles. The molecule has 0 saturated carbocycles. The lowest BCUT2D eigenvalue weighted by Gasteiger charge is -2.19. The second kappa shape index (κ2) is 7.75. The summed E-state index contributed by atoms with van der Waals surface area (Å²) in [6, 6.07) is 0. The van der Waals surface area contributed by atoms with Gasteiger partial charge in [-0.05, 0) is 13.8 Å². The van der Waals surface area contributed by atoms with E-state index >= 15 is 0 Å². The van der Waals surface area contributed by atoms with E-state index in [1.54, 1.807) is 7.11 Å². The summed E-state index contributed by atoms with van der Waals surface area (Å²) in [5.41, 5.74) is -0.724. The number of carboxylic acid groups (broad SMARTS) is 1. The summed E-state index contributed by atoms with van der Waals surface area (Å²) in [7, 11) is 1.58. The maximum atomic E-state index is 11.7. The van der Waals surface area contributed by atoms with Crippen LogP contribution in [0.1, 0.15) is 20.3 Å². The first-order valence-corrected chi connectivity index (χ1v) is 6.53. The van der Waals surface area contributed by atoms with Gasteiger partial charge in [-0.25, -0.2) is 4.79 Å². The van der Waals surface area contributed by atoms with Crippen molar-refractivity contribution < 1.29 is 24.2 Å². The Morgan fingerprint density at radius 1 is 1.38 bits per heavy atom. The highest BCUT2D eigenvalue weighted by Gasteiger charge is 2.30. The lowest BCUT2D eigenvalue weighted by molar-refractivity contribution is -0.146. The number of carboxylic acids is 1. The van der Waals surface area contributed by atoms with Crippen LogP contribution < -0.4 is 5.32 Å². The van der Waals surface area contributed by atoms with Crippen LogP contribution in [0.25, 0.3) is 0 Å². The van der Waals surface area contributed by atoms with E-state index in [4.69, 9.17) is 14.6 Å². The average Bonchev–Trinajstić information content (AvgIpc) is 2.87. The molecule has 0 atom stereocenters. The van der Waals surface area contributed by atoms with Crippen molar-refractivity contribution in [3.8, 4) is 0 Å². The van der Waals surface area contributed by atoms with Crippen molar-refractivity contribution in [1.82, 2.24) is 9.78 Å². The normalized spacial score (nSPS) is 11.4. The molecule has 0 aliphatic heterocycles. The zero-order valence-electron chi connectivity index (χ0n) is 12.5. The first-order valence-electron chi connectivity index (χ1n) is 6.53. The Balaban J connectivity index is 2.44. The Morgan fingerprint density at radius 2 is 2.10 bits per heavy atom. The average molecular weight is 299 g/mol. The fourth-order valence-corrected chi connectivity index (χ4v) is 1.42. The summed E-state index contributed by atoms with van der Waals surface area (Å²) in [6.07, 6.45) is 3.10. The van der Waals surface area contributed by atoms with Crippen LogP contribution in [0.5, 0.6) is 0 Å². The van der Waals surface area contributed by atoms with Gasteiger partial charge in [0.1, 0.15) is 0 Å². The fourth-order valence-electron chi connectivity index (χ4n) is 1.42. The highest BCUT2D eigenvalue weighted by molar-refractivity contribution is 5.90. The van der Waals surface area contributed by atoms with Gasteiger partial charge in [0.15, 0.2) is 5.54 Å². The third-order valence-corrected chi connectivity index (χ3v) is 2.87. The van der Waals surface area contributed by atoms with Crippen LogP contribution in [0.3, 0.4) is 0 Å². The summed E-state index contributed by atoms with van der Waals surface area (Å²) in [5.74, 6) is -1.23. The first-order chi connectivity index (χ1) is 9.87. The number of hydrogen-bond donors (Lipinski definition) is 2. The van der Waals surface area contributed by atoms with Crippen molar-refractivity contribution >= 4 is 17.6 Å². The third kappa shape index (κ3) is 5.16. The number of ether oxygens (including phenoxy) is 2. The topological polar surface area (TPSA) is 103 Å². The molecule has 0 fully saturated rings. The summed E-state index contributed by atoms with van der Waals surface area (Å²) in [4.78, 5) is 22.8. The molecule has 0 spiro atoms. The Bertz CT molecular complexity index is 484. The molecule has 1 amide bonds. The second-order valence-electron chi connectivity index (χ2n) is 4.94. The number of carbonyl (C=O) groups excluding carboxylic acids is 1. The van der Waals surface area contributed by atoms with Crippen molar-refractivity contribution in [3.05, 3.63) is 12.4 Å². The molecule has 21 heavy (non-hydrogen) atoms. The first kappa shape index (κ1) is 17.1. The summed E-state index contributed by atoms with van der Waals surface area (Å²) < 4.78 is 11.3. The Labute approximate surface area is 123 Å². The lowest BCUT2D eigenvalue weighted by atomic mass is 10.1. The van der Waals surface area contributed by atoms with Gasteiger partial charge in [0.2, 0.25) is 5.91 Å². The minimum Gasteiger partial charge on any atom is -0.479 e. The van der Waals surface area contributed by atoms with Crippen molar-refractivity contribution in [2.24, 2.45) is 0 Å². The van der Waals surface area contributed by atoms with Crippen LogP contribution in [-0.2, 0) is 24.6 Å². The SMILES string of the molecule is COCCOCCC(=O)Nc1cnn(C(C)(C)C(=O)O)c1. The predicted molar refractivity (Wildman–Crippen MR) is 75.1 cm³/mol. The molecule has 118 valence electrons. The number of methoxy groups -OCH3 is 1. The third-order valence-electron chi connectivity index (χ3n) is 2.87. The molecular formula is C13H21N3O5. The minimum atomic E-state index is -1.17. The van der Waals surface area contributed by atoms with Crippen molar-refractivity contribution in [2.45, 2.75) is 25.8 Å². The quantitative estimate of drug-likeness (QED) is 0.650. The summed E-state index contributed by atoms with van der Waals surface area (Å²) >= 11 is 0. The number of anilines is 1. The number of amides is 1. The molecule has 1 aromatic heterocycles. The van der Waals surface area contributed by atoms with E-state index in [2.05, 4.69) is 10.4 Å². The molecule has 1 heterocycles. The molecule has 0 aliphatic rings. The zero-order valence-corrected chi connectivity index (χ0v) is 12.5. The molecule has 0 bridgehead atoms. The van der Waals surface area contributed by atoms with Crippen LogP contribution in [0.2, 0.25) is 0 Å². The van der Waals surface area contributed by atoms with E-state index in [0.29, 0.717) is 25.5 Å². The van der Waals surface area contributed by atoms with Crippen LogP contribution in [0, 0.1) is 0 Å². The van der Waals surface area contributed by atoms with E-state index in [9.17, 15) is 9.59 Å². The largest absolute Gasteiger partial charge is 0.479 e. The molecule has 0 unspecified atom stereocenters. The molecule has 8 heteroatoms. The molecule has 0 aliphatic carbocycles. The number of rotatable bonds is 9. The molecule has 2 N–H and O–H groups in total. The van der Waals surface area contributed by atoms with Gasteiger partial charge in [0.25, 0.3) is 0 Å². The van der Waals surface area contributed by atoms with E-state index in [-0.39, 0.29) is 12.3 Å². The molecule has 8 nitrogen and oxygen atoms in total. The number of nitrogens with zero attached hydrogens (tertiary/aromatic N) is 2. The Hall–Kier alpha value is -1.93. The predicted octanol–water partition coefficient (Wildman–Crippen LogP) is 0.694. The van der Waals surface area contributed by atoms with Gasteiger partial charge >= 0.3 is 5.97 Å². The van der Waals surface area contributed by atoms with Gasteiger partial charge < -0.3 is 19.9 Å². The van der Waals surface area contributed by atoms with Gasteiger partial charge in [0, 0.05) is 13.3 Å². The second-order valence-corrected chi connectivity index (χ2v) is 4.94. The monoisotopic (exact) mass is 299 g/mol. The van der Waals surface area contributed by atoms with Crippen molar-refractivity contribution in [1.29, 1.82) is 0 Å². The maximum Gasteiger partial charge on any atom is 0.331 e.